The van der Waals surface area contributed by atoms with Crippen molar-refractivity contribution >= 4 is 65.1 Å². The lowest BCUT2D eigenvalue weighted by Crippen LogP contribution is -2.32. The molecule has 0 aliphatic carbocycles. The van der Waals surface area contributed by atoms with Gasteiger partial charge in [0.1, 0.15) is 0 Å². The van der Waals surface area contributed by atoms with Crippen molar-refractivity contribution in [1.29, 1.82) is 0 Å². The predicted octanol–water partition coefficient (Wildman–Crippen LogP) is 4.26. The molecule has 4 aromatic rings. The number of benzene rings is 2. The van der Waals surface area contributed by atoms with Gasteiger partial charge in [-0.25, -0.2) is 14.8 Å². The molecule has 1 N–H and O–H groups in total. The second kappa shape index (κ2) is 11.4. The Morgan fingerprint density at radius 1 is 1.10 bits per heavy atom. The molecule has 204 valence electrons. The second-order valence-corrected chi connectivity index (χ2v) is 12.7. The average molecular weight is 587 g/mol. The first-order chi connectivity index (χ1) is 18.7. The molecule has 1 aliphatic heterocycles. The van der Waals surface area contributed by atoms with Crippen molar-refractivity contribution in [2.75, 3.05) is 36.7 Å². The smallest absolute Gasteiger partial charge is 0.357 e. The van der Waals surface area contributed by atoms with E-state index < -0.39 is 16.1 Å². The highest BCUT2D eigenvalue weighted by Crippen LogP contribution is 2.33. The van der Waals surface area contributed by atoms with Gasteiger partial charge >= 0.3 is 5.97 Å². The predicted molar refractivity (Wildman–Crippen MR) is 151 cm³/mol. The summed E-state index contributed by atoms with van der Waals surface area (Å²) in [6.45, 7) is 1.13. The van der Waals surface area contributed by atoms with Crippen molar-refractivity contribution in [3.8, 4) is 0 Å². The Balaban J connectivity index is 1.35. The summed E-state index contributed by atoms with van der Waals surface area (Å²) < 4.78 is 33.2. The molecule has 13 heteroatoms. The van der Waals surface area contributed by atoms with Crippen LogP contribution in [0.5, 0.6) is 0 Å². The van der Waals surface area contributed by atoms with Crippen LogP contribution in [0.15, 0.2) is 42.5 Å². The maximum Gasteiger partial charge on any atom is 0.357 e. The number of aryl methyl sites for hydroxylation is 1. The van der Waals surface area contributed by atoms with E-state index >= 15 is 0 Å². The quantitative estimate of drug-likeness (QED) is 0.174. The zero-order valence-corrected chi connectivity index (χ0v) is 23.7. The number of rotatable bonds is 9. The Morgan fingerprint density at radius 3 is 2.69 bits per heavy atom. The summed E-state index contributed by atoms with van der Waals surface area (Å²) in [4.78, 5) is 37.6. The van der Waals surface area contributed by atoms with E-state index in [4.69, 9.17) is 8.92 Å². The fraction of sp³-hybridized carbons (Fsp3) is 0.308. The minimum Gasteiger partial charge on any atom is -0.464 e. The zero-order valence-electron chi connectivity index (χ0n) is 21.3. The van der Waals surface area contributed by atoms with E-state index in [2.05, 4.69) is 15.3 Å². The first-order valence-electron chi connectivity index (χ1n) is 12.2. The number of hydrogen-bond acceptors (Lipinski definition) is 11. The Bertz CT molecular complexity index is 1610. The largest absolute Gasteiger partial charge is 0.464 e. The van der Waals surface area contributed by atoms with Crippen LogP contribution in [0.3, 0.4) is 0 Å². The maximum absolute atomic E-state index is 13.3. The van der Waals surface area contributed by atoms with Crippen LogP contribution in [0.25, 0.3) is 10.2 Å². The summed E-state index contributed by atoms with van der Waals surface area (Å²) in [7, 11) is -2.24. The number of fused-ring (bicyclic) bond motifs is 2. The Hall–Kier alpha value is -3.39. The molecule has 2 aromatic carbocycles. The average Bonchev–Trinajstić information content (AvgIpc) is 3.53. The van der Waals surface area contributed by atoms with Gasteiger partial charge in [-0.2, -0.15) is 8.42 Å². The maximum atomic E-state index is 13.3. The van der Waals surface area contributed by atoms with Gasteiger partial charge in [0.2, 0.25) is 0 Å². The highest BCUT2D eigenvalue weighted by Gasteiger charge is 2.27. The first-order valence-corrected chi connectivity index (χ1v) is 15.6. The van der Waals surface area contributed by atoms with Crippen LogP contribution >= 0.6 is 22.7 Å². The summed E-state index contributed by atoms with van der Waals surface area (Å²) in [5.74, 6) is -0.779. The summed E-state index contributed by atoms with van der Waals surface area (Å²) in [6, 6.07) is 13.4. The van der Waals surface area contributed by atoms with Gasteiger partial charge in [0, 0.05) is 23.5 Å². The summed E-state index contributed by atoms with van der Waals surface area (Å²) in [5, 5.41) is 4.13. The molecule has 39 heavy (non-hydrogen) atoms. The molecular formula is C26H26N4O6S3. The van der Waals surface area contributed by atoms with E-state index in [1.807, 2.05) is 41.3 Å². The number of carbonyl (C=O) groups excluding carboxylic acids is 2. The monoisotopic (exact) mass is 586 g/mol. The summed E-state index contributed by atoms with van der Waals surface area (Å²) >= 11 is 2.79. The van der Waals surface area contributed by atoms with Crippen molar-refractivity contribution < 1.29 is 26.9 Å². The lowest BCUT2D eigenvalue weighted by molar-refractivity contribution is 0.0593. The number of para-hydroxylation sites is 1. The van der Waals surface area contributed by atoms with E-state index in [0.29, 0.717) is 53.1 Å². The second-order valence-electron chi connectivity index (χ2n) is 8.95. The van der Waals surface area contributed by atoms with Gasteiger partial charge in [-0.15, -0.1) is 11.3 Å². The molecular weight excluding hydrogens is 561 g/mol. The van der Waals surface area contributed by atoms with Crippen molar-refractivity contribution in [3.63, 3.8) is 0 Å². The number of hydrogen-bond donors (Lipinski definition) is 1. The molecule has 0 saturated carbocycles. The molecule has 5 rings (SSSR count). The molecule has 3 heterocycles. The number of nitrogens with zero attached hydrogens (tertiary/aromatic N) is 3. The number of nitrogens with one attached hydrogen (secondary N) is 1. The highest BCUT2D eigenvalue weighted by molar-refractivity contribution is 7.85. The van der Waals surface area contributed by atoms with Gasteiger partial charge < -0.3 is 9.64 Å². The standard InChI is InChI=1S/C26H26N4O6S3/c1-35-24(32)22-21(11-6-14-36-39(2,33)34)38-26(28-22)30-13-12-16-7-5-8-17(18(16)15-30)23(31)29-25-27-19-9-3-4-10-20(19)37-25/h3-5,7-10H,6,11-15H2,1-2H3,(H,27,29,31). The van der Waals surface area contributed by atoms with Gasteiger partial charge in [0.25, 0.3) is 16.0 Å². The Kier molecular flexibility index (Phi) is 7.93. The number of esters is 1. The topological polar surface area (TPSA) is 128 Å². The van der Waals surface area contributed by atoms with Crippen LogP contribution in [0.4, 0.5) is 10.3 Å². The normalized spacial score (nSPS) is 13.3. The minimum absolute atomic E-state index is 0.0108. The number of thiazole rings is 2. The van der Waals surface area contributed by atoms with E-state index in [0.717, 1.165) is 27.6 Å². The lowest BCUT2D eigenvalue weighted by atomic mass is 9.94. The molecule has 1 aliphatic rings. The summed E-state index contributed by atoms with van der Waals surface area (Å²) in [6.07, 6.45) is 2.52. The first kappa shape index (κ1) is 27.2. The number of amides is 1. The van der Waals surface area contributed by atoms with Gasteiger partial charge in [-0.3, -0.25) is 14.3 Å². The van der Waals surface area contributed by atoms with Crippen LogP contribution in [-0.4, -0.2) is 56.8 Å². The molecule has 0 spiro atoms. The summed E-state index contributed by atoms with van der Waals surface area (Å²) in [5.41, 5.74) is 3.61. The van der Waals surface area contributed by atoms with Crippen molar-refractivity contribution in [2.45, 2.75) is 25.8 Å². The third-order valence-corrected chi connectivity index (χ3v) is 8.94. The third-order valence-electron chi connectivity index (χ3n) is 6.21. The van der Waals surface area contributed by atoms with E-state index in [-0.39, 0.29) is 18.2 Å². The van der Waals surface area contributed by atoms with Crippen LogP contribution < -0.4 is 10.2 Å². The van der Waals surface area contributed by atoms with E-state index in [1.54, 1.807) is 6.07 Å². The Morgan fingerprint density at radius 2 is 1.92 bits per heavy atom. The zero-order chi connectivity index (χ0) is 27.6. The molecule has 1 amide bonds. The SMILES string of the molecule is COC(=O)c1nc(N2CCc3cccc(C(=O)Nc4nc5ccccc5s4)c3C2)sc1CCCOS(C)(=O)=O. The molecule has 0 saturated heterocycles. The lowest BCUT2D eigenvalue weighted by Gasteiger charge is -2.29. The van der Waals surface area contributed by atoms with Gasteiger partial charge in [-0.1, -0.05) is 35.6 Å². The van der Waals surface area contributed by atoms with E-state index in [9.17, 15) is 18.0 Å². The van der Waals surface area contributed by atoms with Crippen molar-refractivity contribution in [3.05, 3.63) is 69.7 Å². The molecule has 0 radical (unpaired) electrons. The Labute approximate surface area is 233 Å². The van der Waals surface area contributed by atoms with Crippen LogP contribution in [0.1, 0.15) is 43.3 Å². The highest BCUT2D eigenvalue weighted by atomic mass is 32.2. The van der Waals surface area contributed by atoms with Crippen molar-refractivity contribution in [2.24, 2.45) is 0 Å². The molecule has 10 nitrogen and oxygen atoms in total. The fourth-order valence-corrected chi connectivity index (χ4v) is 6.79. The van der Waals surface area contributed by atoms with Crippen LogP contribution in [0, 0.1) is 0 Å². The minimum atomic E-state index is -3.54. The molecule has 0 atom stereocenters. The van der Waals surface area contributed by atoms with Crippen molar-refractivity contribution in [1.82, 2.24) is 9.97 Å². The molecule has 2 aromatic heterocycles. The molecule has 0 fully saturated rings. The van der Waals surface area contributed by atoms with Gasteiger partial charge in [0.15, 0.2) is 16.0 Å². The van der Waals surface area contributed by atoms with Gasteiger partial charge in [0.05, 0.1) is 30.2 Å². The van der Waals surface area contributed by atoms with E-state index in [1.165, 1.54) is 29.8 Å². The number of aromatic nitrogens is 2. The number of methoxy groups -OCH3 is 1. The van der Waals surface area contributed by atoms with Crippen LogP contribution in [0.2, 0.25) is 0 Å². The number of carbonyl (C=O) groups is 2. The fourth-order valence-electron chi connectivity index (χ4n) is 4.39. The number of ether oxygens (including phenoxy) is 1. The third kappa shape index (κ3) is 6.27. The van der Waals surface area contributed by atoms with Gasteiger partial charge in [-0.05, 0) is 48.6 Å². The van der Waals surface area contributed by atoms with Crippen LogP contribution in [-0.2, 0) is 38.4 Å². The molecule has 0 unspecified atom stereocenters. The number of anilines is 2. The molecule has 0 bridgehead atoms.